The number of carbonyl (C=O) groups is 1. The van der Waals surface area contributed by atoms with Gasteiger partial charge in [0.1, 0.15) is 6.33 Å². The topological polar surface area (TPSA) is 84.7 Å². The fourth-order valence-electron chi connectivity index (χ4n) is 1.58. The zero-order valence-electron chi connectivity index (χ0n) is 11.1. The van der Waals surface area contributed by atoms with Crippen LogP contribution in [0.4, 0.5) is 9.93 Å². The Balaban J connectivity index is 1.86. The van der Waals surface area contributed by atoms with Crippen LogP contribution in [0.5, 0.6) is 0 Å². The number of hydrogen-bond acceptors (Lipinski definition) is 5. The lowest BCUT2D eigenvalue weighted by Crippen LogP contribution is -2.28. The largest absolute Gasteiger partial charge is 0.330 e. The number of nitrogens with one attached hydrogen (secondary N) is 2. The third-order valence-corrected chi connectivity index (χ3v) is 3.43. The van der Waals surface area contributed by atoms with Crippen LogP contribution in [0.3, 0.4) is 0 Å². The number of nitrogens with zero attached hydrogens (tertiary/aromatic N) is 4. The quantitative estimate of drug-likeness (QED) is 0.888. The number of anilines is 1. The Bertz CT molecular complexity index is 576. The molecule has 2 aromatic heterocycles. The van der Waals surface area contributed by atoms with Crippen molar-refractivity contribution in [2.24, 2.45) is 7.05 Å². The summed E-state index contributed by atoms with van der Waals surface area (Å²) >= 11 is 1.47. The van der Waals surface area contributed by atoms with Crippen LogP contribution in [0.15, 0.2) is 6.33 Å². The molecular weight excluding hydrogens is 264 g/mol. The smallest absolute Gasteiger partial charge is 0.321 e. The van der Waals surface area contributed by atoms with Crippen LogP contribution in [-0.4, -0.2) is 25.8 Å². The molecule has 0 saturated carbocycles. The van der Waals surface area contributed by atoms with Gasteiger partial charge in [-0.25, -0.2) is 14.8 Å². The highest BCUT2D eigenvalue weighted by molar-refractivity contribution is 7.15. The van der Waals surface area contributed by atoms with Gasteiger partial charge in [0.15, 0.2) is 11.0 Å². The van der Waals surface area contributed by atoms with Gasteiger partial charge in [0.25, 0.3) is 0 Å². The van der Waals surface area contributed by atoms with E-state index in [0.29, 0.717) is 11.0 Å². The van der Waals surface area contributed by atoms with Crippen LogP contribution < -0.4 is 10.6 Å². The molecule has 0 fully saturated rings. The van der Waals surface area contributed by atoms with Crippen molar-refractivity contribution >= 4 is 22.5 Å². The number of rotatable bonds is 4. The molecule has 0 aliphatic rings. The summed E-state index contributed by atoms with van der Waals surface area (Å²) in [4.78, 5) is 21.2. The van der Waals surface area contributed by atoms with Gasteiger partial charge in [-0.1, -0.05) is 6.92 Å². The van der Waals surface area contributed by atoms with Crippen LogP contribution in [0, 0.1) is 6.92 Å². The Hall–Kier alpha value is -1.96. The van der Waals surface area contributed by atoms with Crippen molar-refractivity contribution in [2.75, 3.05) is 5.32 Å². The molecule has 2 heterocycles. The van der Waals surface area contributed by atoms with Gasteiger partial charge in [0.05, 0.1) is 12.2 Å². The zero-order valence-corrected chi connectivity index (χ0v) is 11.9. The lowest BCUT2D eigenvalue weighted by atomic mass is 10.3. The molecule has 7 nitrogen and oxygen atoms in total. The summed E-state index contributed by atoms with van der Waals surface area (Å²) in [6, 6.07) is -0.302. The maximum absolute atomic E-state index is 11.7. The monoisotopic (exact) mass is 280 g/mol. The molecule has 19 heavy (non-hydrogen) atoms. The summed E-state index contributed by atoms with van der Waals surface area (Å²) in [6.45, 7) is 4.33. The fourth-order valence-corrected chi connectivity index (χ4v) is 2.47. The van der Waals surface area contributed by atoms with Crippen molar-refractivity contribution in [3.63, 3.8) is 0 Å². The zero-order chi connectivity index (χ0) is 13.8. The molecular formula is C11H16N6OS. The average molecular weight is 280 g/mol. The number of amides is 2. The van der Waals surface area contributed by atoms with Crippen LogP contribution in [-0.2, 0) is 20.0 Å². The van der Waals surface area contributed by atoms with E-state index in [0.717, 1.165) is 17.0 Å². The molecule has 0 aliphatic carbocycles. The second-order valence-corrected chi connectivity index (χ2v) is 5.22. The first-order valence-electron chi connectivity index (χ1n) is 5.94. The number of urea groups is 1. The fraction of sp³-hybridized carbons (Fsp3) is 0.455. The second-order valence-electron chi connectivity index (χ2n) is 4.02. The number of carbonyl (C=O) groups excluding carboxylic acids is 1. The summed E-state index contributed by atoms with van der Waals surface area (Å²) in [7, 11) is 1.78. The van der Waals surface area contributed by atoms with Gasteiger partial charge in [-0.3, -0.25) is 10.00 Å². The van der Waals surface area contributed by atoms with E-state index in [1.54, 1.807) is 18.1 Å². The summed E-state index contributed by atoms with van der Waals surface area (Å²) in [5.41, 5.74) is 1.02. The highest BCUT2D eigenvalue weighted by atomic mass is 32.1. The third kappa shape index (κ3) is 3.50. The number of hydrogen-bond donors (Lipinski definition) is 2. The van der Waals surface area contributed by atoms with Crippen LogP contribution >= 0.6 is 11.3 Å². The van der Waals surface area contributed by atoms with E-state index in [-0.39, 0.29) is 12.6 Å². The van der Waals surface area contributed by atoms with Gasteiger partial charge in [-0.15, -0.1) is 11.3 Å². The van der Waals surface area contributed by atoms with Crippen LogP contribution in [0.2, 0.25) is 0 Å². The van der Waals surface area contributed by atoms with Crippen molar-refractivity contribution < 1.29 is 4.79 Å². The minimum Gasteiger partial charge on any atom is -0.330 e. The normalized spacial score (nSPS) is 10.5. The Morgan fingerprint density at radius 3 is 2.89 bits per heavy atom. The predicted molar refractivity (Wildman–Crippen MR) is 73.1 cm³/mol. The van der Waals surface area contributed by atoms with E-state index in [9.17, 15) is 4.79 Å². The minimum atomic E-state index is -0.302. The molecule has 2 N–H and O–H groups in total. The minimum absolute atomic E-state index is 0.289. The van der Waals surface area contributed by atoms with Gasteiger partial charge >= 0.3 is 6.03 Å². The summed E-state index contributed by atoms with van der Waals surface area (Å²) < 4.78 is 1.59. The van der Waals surface area contributed by atoms with Crippen molar-refractivity contribution in [2.45, 2.75) is 26.8 Å². The van der Waals surface area contributed by atoms with E-state index in [4.69, 9.17) is 0 Å². The molecule has 2 rings (SSSR count). The number of aromatic nitrogens is 4. The van der Waals surface area contributed by atoms with E-state index in [1.165, 1.54) is 11.3 Å². The molecule has 0 unspecified atom stereocenters. The van der Waals surface area contributed by atoms with E-state index in [2.05, 4.69) is 25.7 Å². The highest BCUT2D eigenvalue weighted by Crippen LogP contribution is 2.22. The number of thiazole rings is 1. The average Bonchev–Trinajstić information content (AvgIpc) is 2.93. The summed E-state index contributed by atoms with van der Waals surface area (Å²) in [6.07, 6.45) is 2.45. The highest BCUT2D eigenvalue weighted by Gasteiger charge is 2.09. The van der Waals surface area contributed by atoms with Crippen molar-refractivity contribution in [3.05, 3.63) is 22.7 Å². The molecule has 8 heteroatoms. The van der Waals surface area contributed by atoms with Crippen LogP contribution in [0.1, 0.15) is 23.3 Å². The molecule has 0 aliphatic heterocycles. The maximum Gasteiger partial charge on any atom is 0.321 e. The lowest BCUT2D eigenvalue weighted by molar-refractivity contribution is 0.251. The Morgan fingerprint density at radius 2 is 2.32 bits per heavy atom. The third-order valence-electron chi connectivity index (χ3n) is 2.50. The molecule has 0 bridgehead atoms. The van der Waals surface area contributed by atoms with Gasteiger partial charge in [0, 0.05) is 11.9 Å². The molecule has 0 saturated heterocycles. The predicted octanol–water partition coefficient (Wildman–Crippen LogP) is 1.46. The maximum atomic E-state index is 11.7. The van der Waals surface area contributed by atoms with Crippen molar-refractivity contribution in [1.82, 2.24) is 25.1 Å². The molecule has 0 radical (unpaired) electrons. The Morgan fingerprint density at radius 1 is 1.53 bits per heavy atom. The van der Waals surface area contributed by atoms with E-state index < -0.39 is 0 Å². The van der Waals surface area contributed by atoms with E-state index in [1.807, 2.05) is 13.8 Å². The number of aryl methyl sites for hydroxylation is 3. The van der Waals surface area contributed by atoms with E-state index >= 15 is 0 Å². The first-order chi connectivity index (χ1) is 9.08. The standard InChI is InChI=1S/C11H16N6OS/c1-4-8-7(2)19-11(14-8)15-10(18)12-5-9-13-6-17(3)16-9/h6H,4-5H2,1-3H3,(H2,12,14,15,18). The molecule has 2 amide bonds. The Kier molecular flexibility index (Phi) is 4.10. The first kappa shape index (κ1) is 13.5. The lowest BCUT2D eigenvalue weighted by Gasteiger charge is -2.02. The SMILES string of the molecule is CCc1nc(NC(=O)NCc2ncn(C)n2)sc1C. The molecule has 0 atom stereocenters. The van der Waals surface area contributed by atoms with Crippen molar-refractivity contribution in [3.8, 4) is 0 Å². The molecule has 2 aromatic rings. The summed E-state index contributed by atoms with van der Waals surface area (Å²) in [5, 5.41) is 10.1. The Labute approximate surface area is 115 Å². The first-order valence-corrected chi connectivity index (χ1v) is 6.75. The summed E-state index contributed by atoms with van der Waals surface area (Å²) in [5.74, 6) is 0.571. The van der Waals surface area contributed by atoms with Crippen LogP contribution in [0.25, 0.3) is 0 Å². The van der Waals surface area contributed by atoms with Gasteiger partial charge < -0.3 is 5.32 Å². The van der Waals surface area contributed by atoms with Crippen molar-refractivity contribution in [1.29, 1.82) is 0 Å². The van der Waals surface area contributed by atoms with Gasteiger partial charge in [-0.2, -0.15) is 5.10 Å². The molecule has 102 valence electrons. The molecule has 0 aromatic carbocycles. The van der Waals surface area contributed by atoms with Gasteiger partial charge in [0.2, 0.25) is 0 Å². The second kappa shape index (κ2) is 5.79. The van der Waals surface area contributed by atoms with Gasteiger partial charge in [-0.05, 0) is 13.3 Å². The molecule has 0 spiro atoms.